The van der Waals surface area contributed by atoms with Gasteiger partial charge in [0.25, 0.3) is 0 Å². The zero-order chi connectivity index (χ0) is 8.57. The zero-order valence-electron chi connectivity index (χ0n) is 5.94. The van der Waals surface area contributed by atoms with Gasteiger partial charge >= 0.3 is 5.97 Å². The van der Waals surface area contributed by atoms with E-state index in [1.165, 1.54) is 6.92 Å². The molecule has 5 nitrogen and oxygen atoms in total. The summed E-state index contributed by atoms with van der Waals surface area (Å²) < 4.78 is 0. The van der Waals surface area contributed by atoms with Crippen molar-refractivity contribution in [1.82, 2.24) is 0 Å². The summed E-state index contributed by atoms with van der Waals surface area (Å²) in [6.45, 7) is 2.50. The lowest BCUT2D eigenvalue weighted by atomic mass is 10.5. The Balaban J connectivity index is 0. The highest BCUT2D eigenvalue weighted by atomic mass is 17.1. The van der Waals surface area contributed by atoms with Gasteiger partial charge < -0.3 is 15.1 Å². The molecule has 0 amide bonds. The number of carbonyl (C=O) groups is 1. The molecule has 0 heterocycles. The fourth-order valence-corrected chi connectivity index (χ4v) is 0. The van der Waals surface area contributed by atoms with Crippen LogP contribution in [0.15, 0.2) is 0 Å². The second-order valence-corrected chi connectivity index (χ2v) is 1.61. The first-order valence-corrected chi connectivity index (χ1v) is 2.65. The summed E-state index contributed by atoms with van der Waals surface area (Å²) in [5.74, 6) is -0.690. The predicted octanol–water partition coefficient (Wildman–Crippen LogP) is -0.618. The van der Waals surface area contributed by atoms with Crippen molar-refractivity contribution in [3.63, 3.8) is 0 Å². The van der Waals surface area contributed by atoms with Crippen LogP contribution in [-0.2, 0) is 9.68 Å². The quantitative estimate of drug-likeness (QED) is 0.344. The number of rotatable bonds is 1. The average Bonchev–Trinajstić information content (AvgIpc) is 1.89. The van der Waals surface area contributed by atoms with Crippen molar-refractivity contribution >= 4 is 5.97 Å². The van der Waals surface area contributed by atoms with E-state index in [9.17, 15) is 4.79 Å². The van der Waals surface area contributed by atoms with Crippen LogP contribution in [-0.4, -0.2) is 34.2 Å². The Morgan fingerprint density at radius 3 is 1.90 bits per heavy atom. The van der Waals surface area contributed by atoms with Gasteiger partial charge in [-0.05, 0) is 6.92 Å². The number of aliphatic hydroxyl groups is 2. The summed E-state index contributed by atoms with van der Waals surface area (Å²) in [4.78, 5) is 12.5. The van der Waals surface area contributed by atoms with Crippen LogP contribution in [0.2, 0.25) is 0 Å². The van der Waals surface area contributed by atoms with E-state index in [1.54, 1.807) is 0 Å². The van der Waals surface area contributed by atoms with Crippen molar-refractivity contribution in [3.05, 3.63) is 0 Å². The van der Waals surface area contributed by atoms with Crippen molar-refractivity contribution < 1.29 is 25.2 Å². The van der Waals surface area contributed by atoms with Crippen LogP contribution in [0.3, 0.4) is 0 Å². The second-order valence-electron chi connectivity index (χ2n) is 1.61. The van der Waals surface area contributed by atoms with Gasteiger partial charge in [-0.3, -0.25) is 0 Å². The van der Waals surface area contributed by atoms with Crippen LogP contribution in [0.4, 0.5) is 0 Å². The Kier molecular flexibility index (Phi) is 10.1. The van der Waals surface area contributed by atoms with Crippen molar-refractivity contribution in [2.75, 3.05) is 6.61 Å². The lowest BCUT2D eigenvalue weighted by molar-refractivity contribution is -0.231. The largest absolute Gasteiger partial charge is 0.394 e. The molecular weight excluding hydrogens is 140 g/mol. The first kappa shape index (κ1) is 12.1. The maximum absolute atomic E-state index is 9.34. The maximum Gasteiger partial charge on any atom is 0.339 e. The molecule has 0 aliphatic heterocycles. The first-order valence-electron chi connectivity index (χ1n) is 2.65. The highest BCUT2D eigenvalue weighted by Gasteiger charge is 1.83. The van der Waals surface area contributed by atoms with Gasteiger partial charge in [-0.25, -0.2) is 4.79 Å². The van der Waals surface area contributed by atoms with Crippen LogP contribution < -0.4 is 0 Å². The summed E-state index contributed by atoms with van der Waals surface area (Å²) in [5.41, 5.74) is 0. The molecule has 0 aliphatic carbocycles. The van der Waals surface area contributed by atoms with E-state index in [1.807, 2.05) is 0 Å². The molecule has 0 rings (SSSR count). The molecule has 0 radical (unpaired) electrons. The molecule has 0 aliphatic rings. The first-order chi connectivity index (χ1) is 4.54. The molecule has 3 N–H and O–H groups in total. The second kappa shape index (κ2) is 8.35. The summed E-state index contributed by atoms with van der Waals surface area (Å²) in [6.07, 6.45) is -0.560. The summed E-state index contributed by atoms with van der Waals surface area (Å²) in [5, 5.41) is 23.3. The molecule has 0 aromatic heterocycles. The third-order valence-electron chi connectivity index (χ3n) is 0.393. The van der Waals surface area contributed by atoms with Crippen LogP contribution in [0, 0.1) is 0 Å². The highest BCUT2D eigenvalue weighted by Crippen LogP contribution is 1.68. The lowest BCUT2D eigenvalue weighted by Gasteiger charge is -1.90. The van der Waals surface area contributed by atoms with E-state index in [4.69, 9.17) is 15.5 Å². The fraction of sp³-hybridized carbons (Fsp3) is 0.800. The number of carbonyl (C=O) groups excluding carboxylic acids is 1. The Morgan fingerprint density at radius 1 is 1.70 bits per heavy atom. The smallest absolute Gasteiger partial charge is 0.339 e. The number of hydrogen-bond acceptors (Lipinski definition) is 5. The Hall–Kier alpha value is -0.650. The van der Waals surface area contributed by atoms with Crippen molar-refractivity contribution in [2.24, 2.45) is 0 Å². The van der Waals surface area contributed by atoms with E-state index < -0.39 is 12.1 Å². The molecule has 0 spiro atoms. The van der Waals surface area contributed by atoms with Crippen LogP contribution >= 0.6 is 0 Å². The molecule has 62 valence electrons. The zero-order valence-corrected chi connectivity index (χ0v) is 5.94. The van der Waals surface area contributed by atoms with Gasteiger partial charge in [0.2, 0.25) is 0 Å². The minimum Gasteiger partial charge on any atom is -0.394 e. The number of hydrogen-bond donors (Lipinski definition) is 3. The molecule has 1 unspecified atom stereocenters. The van der Waals surface area contributed by atoms with Gasteiger partial charge in [0.05, 0.1) is 12.7 Å². The fourth-order valence-electron chi connectivity index (χ4n) is 0. The van der Waals surface area contributed by atoms with E-state index in [2.05, 4.69) is 4.89 Å². The topological polar surface area (TPSA) is 87.0 Å². The van der Waals surface area contributed by atoms with Gasteiger partial charge in [-0.1, -0.05) is 0 Å². The van der Waals surface area contributed by atoms with Gasteiger partial charge in [-0.2, -0.15) is 5.26 Å². The summed E-state index contributed by atoms with van der Waals surface area (Å²) in [7, 11) is 0. The Morgan fingerprint density at radius 2 is 1.90 bits per heavy atom. The molecule has 0 aromatic rings. The van der Waals surface area contributed by atoms with E-state index in [-0.39, 0.29) is 6.61 Å². The van der Waals surface area contributed by atoms with E-state index in [0.29, 0.717) is 0 Å². The number of aliphatic hydroxyl groups excluding tert-OH is 2. The van der Waals surface area contributed by atoms with Crippen LogP contribution in [0.25, 0.3) is 0 Å². The molecule has 5 heteroatoms. The normalized spacial score (nSPS) is 10.9. The SMILES string of the molecule is CC(=O)OO.CC(O)CO. The lowest BCUT2D eigenvalue weighted by Crippen LogP contribution is -2.03. The molecule has 0 aromatic carbocycles. The highest BCUT2D eigenvalue weighted by molar-refractivity contribution is 5.64. The molecule has 0 saturated heterocycles. The third kappa shape index (κ3) is 26.4. The molecule has 1 atom stereocenters. The van der Waals surface area contributed by atoms with Gasteiger partial charge in [0, 0.05) is 6.92 Å². The Labute approximate surface area is 58.8 Å². The van der Waals surface area contributed by atoms with Crippen LogP contribution in [0.5, 0.6) is 0 Å². The molecule has 0 saturated carbocycles. The van der Waals surface area contributed by atoms with Crippen molar-refractivity contribution in [3.8, 4) is 0 Å². The molecule has 0 bridgehead atoms. The monoisotopic (exact) mass is 152 g/mol. The van der Waals surface area contributed by atoms with Gasteiger partial charge in [0.15, 0.2) is 0 Å². The van der Waals surface area contributed by atoms with Crippen LogP contribution in [0.1, 0.15) is 13.8 Å². The minimum atomic E-state index is -0.690. The predicted molar refractivity (Wildman–Crippen MR) is 33.2 cm³/mol. The van der Waals surface area contributed by atoms with Crippen molar-refractivity contribution in [1.29, 1.82) is 0 Å². The average molecular weight is 152 g/mol. The van der Waals surface area contributed by atoms with Crippen molar-refractivity contribution in [2.45, 2.75) is 20.0 Å². The maximum atomic E-state index is 9.34. The molecule has 0 fully saturated rings. The molecule has 10 heavy (non-hydrogen) atoms. The summed E-state index contributed by atoms with van der Waals surface area (Å²) in [6, 6.07) is 0. The van der Waals surface area contributed by atoms with E-state index in [0.717, 1.165) is 6.92 Å². The third-order valence-corrected chi connectivity index (χ3v) is 0.393. The van der Waals surface area contributed by atoms with Gasteiger partial charge in [0.1, 0.15) is 0 Å². The molecular formula is C5H12O5. The summed E-state index contributed by atoms with van der Waals surface area (Å²) >= 11 is 0. The Bertz CT molecular complexity index is 80.1. The van der Waals surface area contributed by atoms with Gasteiger partial charge in [-0.15, -0.1) is 0 Å². The minimum absolute atomic E-state index is 0.139. The standard InChI is InChI=1S/C3H8O2.C2H4O3/c1-3(5)2-4;1-2(3)5-4/h3-5H,2H2,1H3;4H,1H3. The van der Waals surface area contributed by atoms with E-state index >= 15 is 0 Å².